The summed E-state index contributed by atoms with van der Waals surface area (Å²) in [6.07, 6.45) is 6.48. The van der Waals surface area contributed by atoms with E-state index in [1.807, 2.05) is 6.92 Å². The summed E-state index contributed by atoms with van der Waals surface area (Å²) in [4.78, 5) is 4.69. The summed E-state index contributed by atoms with van der Waals surface area (Å²) in [7, 11) is 0. The van der Waals surface area contributed by atoms with E-state index in [2.05, 4.69) is 29.3 Å². The van der Waals surface area contributed by atoms with Crippen LogP contribution in [0.25, 0.3) is 0 Å². The second kappa shape index (κ2) is 5.69. The third kappa shape index (κ3) is 2.99. The van der Waals surface area contributed by atoms with Gasteiger partial charge >= 0.3 is 0 Å². The Bertz CT molecular complexity index is 468. The summed E-state index contributed by atoms with van der Waals surface area (Å²) in [5.74, 6) is 1.48. The number of nitrogens with zero attached hydrogens (tertiary/aromatic N) is 2. The highest BCUT2D eigenvalue weighted by atomic mass is 16.5. The minimum absolute atomic E-state index is 0.227. The predicted octanol–water partition coefficient (Wildman–Crippen LogP) is 3.33. The van der Waals surface area contributed by atoms with Crippen molar-refractivity contribution in [2.24, 2.45) is 5.41 Å². The number of hydrogen-bond donors (Lipinski definition) is 1. The van der Waals surface area contributed by atoms with Gasteiger partial charge in [-0.3, -0.25) is 0 Å². The average molecular weight is 293 g/mol. The molecule has 1 atom stereocenters. The summed E-state index contributed by atoms with van der Waals surface area (Å²) < 4.78 is 11.6. The quantitative estimate of drug-likeness (QED) is 0.922. The Morgan fingerprint density at radius 3 is 2.67 bits per heavy atom. The lowest BCUT2D eigenvalue weighted by molar-refractivity contribution is -0.0957. The molecule has 0 amide bonds. The van der Waals surface area contributed by atoms with Gasteiger partial charge in [0.15, 0.2) is 0 Å². The van der Waals surface area contributed by atoms with Gasteiger partial charge in [-0.25, -0.2) is 0 Å². The van der Waals surface area contributed by atoms with Crippen LogP contribution >= 0.6 is 0 Å². The van der Waals surface area contributed by atoms with Crippen molar-refractivity contribution in [1.82, 2.24) is 15.5 Å². The zero-order valence-corrected chi connectivity index (χ0v) is 13.4. The molecule has 1 aliphatic carbocycles. The molecule has 0 spiro atoms. The fourth-order valence-electron chi connectivity index (χ4n) is 3.50. The maximum Gasteiger partial charge on any atom is 0.243 e. The summed E-state index contributed by atoms with van der Waals surface area (Å²) >= 11 is 0. The second-order valence-electron chi connectivity index (χ2n) is 7.20. The fourth-order valence-corrected chi connectivity index (χ4v) is 3.50. The van der Waals surface area contributed by atoms with Gasteiger partial charge in [0.2, 0.25) is 11.7 Å². The molecule has 0 bridgehead atoms. The molecule has 1 saturated carbocycles. The van der Waals surface area contributed by atoms with E-state index in [-0.39, 0.29) is 11.6 Å². The normalized spacial score (nSPS) is 27.9. The van der Waals surface area contributed by atoms with Crippen molar-refractivity contribution >= 4 is 0 Å². The monoisotopic (exact) mass is 293 g/mol. The van der Waals surface area contributed by atoms with Crippen LogP contribution in [0.3, 0.4) is 0 Å². The van der Waals surface area contributed by atoms with E-state index in [0.29, 0.717) is 12.0 Å². The van der Waals surface area contributed by atoms with Crippen LogP contribution in [0.5, 0.6) is 0 Å². The summed E-state index contributed by atoms with van der Waals surface area (Å²) in [5.41, 5.74) is 0.0464. The van der Waals surface area contributed by atoms with E-state index >= 15 is 0 Å². The van der Waals surface area contributed by atoms with Crippen LogP contribution in [0.2, 0.25) is 0 Å². The molecule has 1 aromatic rings. The Labute approximate surface area is 126 Å². The van der Waals surface area contributed by atoms with Crippen molar-refractivity contribution in [1.29, 1.82) is 0 Å². The van der Waals surface area contributed by atoms with Crippen molar-refractivity contribution in [3.8, 4) is 0 Å². The lowest BCUT2D eigenvalue weighted by atomic mass is 9.70. The Morgan fingerprint density at radius 1 is 1.29 bits per heavy atom. The van der Waals surface area contributed by atoms with E-state index in [0.717, 1.165) is 50.4 Å². The number of aromatic nitrogens is 2. The highest BCUT2D eigenvalue weighted by molar-refractivity contribution is 5.07. The SMILES string of the molecule is CCOC1(c2noc([C@@H]3CCCN3)n2)CCC(C)(C)CC1. The van der Waals surface area contributed by atoms with Gasteiger partial charge in [-0.15, -0.1) is 0 Å². The van der Waals surface area contributed by atoms with E-state index in [1.165, 1.54) is 6.42 Å². The molecule has 118 valence electrons. The van der Waals surface area contributed by atoms with Crippen LogP contribution in [-0.2, 0) is 10.3 Å². The van der Waals surface area contributed by atoms with E-state index in [1.54, 1.807) is 0 Å². The molecule has 0 unspecified atom stereocenters. The first-order valence-electron chi connectivity index (χ1n) is 8.26. The molecule has 1 aliphatic heterocycles. The molecule has 2 heterocycles. The third-order valence-electron chi connectivity index (χ3n) is 5.04. The topological polar surface area (TPSA) is 60.2 Å². The predicted molar refractivity (Wildman–Crippen MR) is 79.8 cm³/mol. The fraction of sp³-hybridized carbons (Fsp3) is 0.875. The van der Waals surface area contributed by atoms with Crippen molar-refractivity contribution < 1.29 is 9.26 Å². The maximum atomic E-state index is 6.12. The number of rotatable bonds is 4. The largest absolute Gasteiger partial charge is 0.367 e. The van der Waals surface area contributed by atoms with Crippen LogP contribution in [0.15, 0.2) is 4.52 Å². The van der Waals surface area contributed by atoms with E-state index in [9.17, 15) is 0 Å². The number of hydrogen-bond acceptors (Lipinski definition) is 5. The van der Waals surface area contributed by atoms with Gasteiger partial charge in [0.1, 0.15) is 5.60 Å². The Hall–Kier alpha value is -0.940. The first-order chi connectivity index (χ1) is 10.0. The molecule has 3 rings (SSSR count). The Morgan fingerprint density at radius 2 is 2.05 bits per heavy atom. The summed E-state index contributed by atoms with van der Waals surface area (Å²) in [5, 5.41) is 7.68. The first kappa shape index (κ1) is 15.0. The van der Waals surface area contributed by atoms with Crippen LogP contribution in [-0.4, -0.2) is 23.3 Å². The van der Waals surface area contributed by atoms with Gasteiger partial charge in [-0.1, -0.05) is 19.0 Å². The molecular weight excluding hydrogens is 266 g/mol. The number of nitrogens with one attached hydrogen (secondary N) is 1. The standard InChI is InChI=1S/C16H27N3O2/c1-4-20-16(9-7-15(2,3)8-10-16)14-18-13(21-19-14)12-6-5-11-17-12/h12,17H,4-11H2,1-3H3/t12-/m0/s1. The number of ether oxygens (including phenoxy) is 1. The Kier molecular flexibility index (Phi) is 4.06. The van der Waals surface area contributed by atoms with Crippen molar-refractivity contribution in [2.75, 3.05) is 13.2 Å². The smallest absolute Gasteiger partial charge is 0.243 e. The molecule has 0 radical (unpaired) electrons. The zero-order chi connectivity index (χ0) is 14.9. The average Bonchev–Trinajstić information content (AvgIpc) is 3.11. The molecule has 5 nitrogen and oxygen atoms in total. The van der Waals surface area contributed by atoms with Gasteiger partial charge in [0, 0.05) is 6.61 Å². The van der Waals surface area contributed by atoms with Gasteiger partial charge in [0.25, 0.3) is 0 Å². The molecule has 5 heteroatoms. The molecule has 1 N–H and O–H groups in total. The molecule has 2 fully saturated rings. The maximum absolute atomic E-state index is 6.12. The van der Waals surface area contributed by atoms with E-state index < -0.39 is 0 Å². The third-order valence-corrected chi connectivity index (χ3v) is 5.04. The summed E-state index contributed by atoms with van der Waals surface area (Å²) in [6.45, 7) is 8.42. The van der Waals surface area contributed by atoms with Crippen molar-refractivity contribution in [3.05, 3.63) is 11.7 Å². The minimum atomic E-state index is -0.343. The van der Waals surface area contributed by atoms with Gasteiger partial charge < -0.3 is 14.6 Å². The van der Waals surface area contributed by atoms with Gasteiger partial charge in [-0.05, 0) is 57.4 Å². The molecule has 1 aromatic heterocycles. The second-order valence-corrected chi connectivity index (χ2v) is 7.20. The van der Waals surface area contributed by atoms with Gasteiger partial charge in [0.05, 0.1) is 6.04 Å². The van der Waals surface area contributed by atoms with Crippen LogP contribution in [0, 0.1) is 5.41 Å². The minimum Gasteiger partial charge on any atom is -0.367 e. The highest BCUT2D eigenvalue weighted by Gasteiger charge is 2.44. The molecule has 21 heavy (non-hydrogen) atoms. The van der Waals surface area contributed by atoms with Crippen molar-refractivity contribution in [2.45, 2.75) is 70.9 Å². The first-order valence-corrected chi connectivity index (χ1v) is 8.26. The lowest BCUT2D eigenvalue weighted by Crippen LogP contribution is -2.38. The van der Waals surface area contributed by atoms with Crippen LogP contribution < -0.4 is 5.32 Å². The lowest BCUT2D eigenvalue weighted by Gasteiger charge is -2.41. The molecular formula is C16H27N3O2. The van der Waals surface area contributed by atoms with E-state index in [4.69, 9.17) is 9.26 Å². The molecule has 2 aliphatic rings. The molecule has 1 saturated heterocycles. The zero-order valence-electron chi connectivity index (χ0n) is 13.4. The highest BCUT2D eigenvalue weighted by Crippen LogP contribution is 2.46. The summed E-state index contributed by atoms with van der Waals surface area (Å²) in [6, 6.07) is 0.227. The van der Waals surface area contributed by atoms with Crippen molar-refractivity contribution in [3.63, 3.8) is 0 Å². The van der Waals surface area contributed by atoms with Crippen LogP contribution in [0.4, 0.5) is 0 Å². The van der Waals surface area contributed by atoms with Gasteiger partial charge in [-0.2, -0.15) is 4.98 Å². The van der Waals surface area contributed by atoms with Crippen LogP contribution in [0.1, 0.15) is 77.1 Å². The molecule has 0 aromatic carbocycles. The Balaban J connectivity index is 1.81.